The summed E-state index contributed by atoms with van der Waals surface area (Å²) in [5.41, 5.74) is 10.4. The molecule has 0 saturated heterocycles. The largest absolute Gasteiger partial charge is 0.506 e. The lowest BCUT2D eigenvalue weighted by Crippen LogP contribution is -1.90. The van der Waals surface area contributed by atoms with Crippen molar-refractivity contribution in [1.82, 2.24) is 10.1 Å². The number of nitrogen functional groups attached to an aromatic ring is 1. The second-order valence-electron chi connectivity index (χ2n) is 5.49. The van der Waals surface area contributed by atoms with Gasteiger partial charge in [0.2, 0.25) is 5.82 Å². The predicted molar refractivity (Wildman–Crippen MR) is 83.3 cm³/mol. The van der Waals surface area contributed by atoms with Crippen LogP contribution in [0.1, 0.15) is 17.5 Å². The van der Waals surface area contributed by atoms with Crippen molar-refractivity contribution < 1.29 is 9.63 Å². The first-order chi connectivity index (χ1) is 10.7. The fraction of sp³-hybridized carbons (Fsp3) is 0.176. The van der Waals surface area contributed by atoms with Gasteiger partial charge in [-0.3, -0.25) is 0 Å². The smallest absolute Gasteiger partial charge is 0.258 e. The normalized spacial score (nSPS) is 13.3. The van der Waals surface area contributed by atoms with Gasteiger partial charge in [0.25, 0.3) is 5.89 Å². The van der Waals surface area contributed by atoms with Gasteiger partial charge in [-0.05, 0) is 48.6 Å². The number of phenols is 1. The number of benzene rings is 2. The van der Waals surface area contributed by atoms with E-state index in [0.717, 1.165) is 18.4 Å². The number of fused-ring (bicyclic) bond motifs is 1. The first-order valence-corrected chi connectivity index (χ1v) is 7.26. The maximum atomic E-state index is 9.49. The van der Waals surface area contributed by atoms with Crippen LogP contribution in [-0.4, -0.2) is 15.2 Å². The van der Waals surface area contributed by atoms with Gasteiger partial charge >= 0.3 is 0 Å². The molecule has 5 nitrogen and oxygen atoms in total. The quantitative estimate of drug-likeness (QED) is 0.560. The number of phenolic OH excluding ortho intramolecular Hbond substituents is 1. The van der Waals surface area contributed by atoms with Crippen molar-refractivity contribution in [3.8, 4) is 28.6 Å². The minimum Gasteiger partial charge on any atom is -0.506 e. The van der Waals surface area contributed by atoms with Crippen molar-refractivity contribution in [2.45, 2.75) is 19.3 Å². The van der Waals surface area contributed by atoms with E-state index in [1.54, 1.807) is 12.1 Å². The molecule has 0 radical (unpaired) electrons. The van der Waals surface area contributed by atoms with E-state index < -0.39 is 0 Å². The Hall–Kier alpha value is -2.82. The van der Waals surface area contributed by atoms with Gasteiger partial charge in [0.05, 0.1) is 5.69 Å². The molecule has 0 amide bonds. The van der Waals surface area contributed by atoms with Crippen molar-refractivity contribution in [3.63, 3.8) is 0 Å². The summed E-state index contributed by atoms with van der Waals surface area (Å²) >= 11 is 0. The first-order valence-electron chi connectivity index (χ1n) is 7.26. The van der Waals surface area contributed by atoms with E-state index in [0.29, 0.717) is 17.3 Å². The minimum atomic E-state index is 0.0457. The molecule has 1 aromatic heterocycles. The van der Waals surface area contributed by atoms with Gasteiger partial charge in [-0.25, -0.2) is 0 Å². The zero-order chi connectivity index (χ0) is 15.1. The predicted octanol–water partition coefficient (Wildman–Crippen LogP) is 3.18. The van der Waals surface area contributed by atoms with E-state index in [1.165, 1.54) is 23.6 Å². The Labute approximate surface area is 127 Å². The third-order valence-electron chi connectivity index (χ3n) is 4.09. The zero-order valence-electron chi connectivity index (χ0n) is 11.9. The van der Waals surface area contributed by atoms with E-state index in [2.05, 4.69) is 16.2 Å². The van der Waals surface area contributed by atoms with Crippen LogP contribution >= 0.6 is 0 Å². The van der Waals surface area contributed by atoms with Crippen molar-refractivity contribution in [2.24, 2.45) is 0 Å². The van der Waals surface area contributed by atoms with Crippen LogP contribution in [0.15, 0.2) is 40.9 Å². The highest BCUT2D eigenvalue weighted by Crippen LogP contribution is 2.32. The van der Waals surface area contributed by atoms with Crippen molar-refractivity contribution in [2.75, 3.05) is 5.73 Å². The molecule has 22 heavy (non-hydrogen) atoms. The monoisotopic (exact) mass is 293 g/mol. The van der Waals surface area contributed by atoms with Crippen LogP contribution in [0.25, 0.3) is 22.8 Å². The number of hydrogen-bond donors (Lipinski definition) is 2. The molecule has 1 heterocycles. The van der Waals surface area contributed by atoms with Crippen LogP contribution < -0.4 is 5.73 Å². The van der Waals surface area contributed by atoms with Crippen LogP contribution in [0.2, 0.25) is 0 Å². The van der Waals surface area contributed by atoms with Gasteiger partial charge < -0.3 is 15.4 Å². The second-order valence-corrected chi connectivity index (χ2v) is 5.49. The van der Waals surface area contributed by atoms with Gasteiger partial charge in [0.15, 0.2) is 0 Å². The van der Waals surface area contributed by atoms with E-state index in [-0.39, 0.29) is 11.4 Å². The summed E-state index contributed by atoms with van der Waals surface area (Å²) in [7, 11) is 0. The standard InChI is InChI=1S/C17H15N3O2/c18-14-9-11(7-8-15(14)21)17-19-16(20-22-17)13-6-2-4-10-3-1-5-12(10)13/h2,4,6-9,21H,1,3,5,18H2. The summed E-state index contributed by atoms with van der Waals surface area (Å²) < 4.78 is 5.36. The molecule has 110 valence electrons. The molecule has 1 aliphatic rings. The lowest BCUT2D eigenvalue weighted by molar-refractivity contribution is 0.432. The number of rotatable bonds is 2. The lowest BCUT2D eigenvalue weighted by Gasteiger charge is -2.03. The molecule has 0 saturated carbocycles. The fourth-order valence-corrected chi connectivity index (χ4v) is 2.97. The molecule has 5 heteroatoms. The molecule has 0 aliphatic heterocycles. The number of anilines is 1. The maximum absolute atomic E-state index is 9.49. The number of hydrogen-bond acceptors (Lipinski definition) is 5. The molecule has 4 rings (SSSR count). The maximum Gasteiger partial charge on any atom is 0.258 e. The van der Waals surface area contributed by atoms with Crippen molar-refractivity contribution in [3.05, 3.63) is 47.5 Å². The van der Waals surface area contributed by atoms with Crippen molar-refractivity contribution >= 4 is 5.69 Å². The Balaban J connectivity index is 1.76. The summed E-state index contributed by atoms with van der Waals surface area (Å²) in [6.45, 7) is 0. The van der Waals surface area contributed by atoms with Gasteiger partial charge in [-0.1, -0.05) is 23.4 Å². The van der Waals surface area contributed by atoms with Gasteiger partial charge in [-0.2, -0.15) is 4.98 Å². The topological polar surface area (TPSA) is 85.2 Å². The van der Waals surface area contributed by atoms with Crippen LogP contribution in [-0.2, 0) is 12.8 Å². The van der Waals surface area contributed by atoms with Crippen LogP contribution in [0.3, 0.4) is 0 Å². The highest BCUT2D eigenvalue weighted by atomic mass is 16.5. The third kappa shape index (κ3) is 2.02. The number of aromatic hydroxyl groups is 1. The second kappa shape index (κ2) is 4.87. The first kappa shape index (κ1) is 12.9. The van der Waals surface area contributed by atoms with Gasteiger partial charge in [-0.15, -0.1) is 0 Å². The lowest BCUT2D eigenvalue weighted by atomic mass is 10.0. The molecule has 1 aliphatic carbocycles. The Morgan fingerprint density at radius 3 is 2.91 bits per heavy atom. The molecular weight excluding hydrogens is 278 g/mol. The van der Waals surface area contributed by atoms with Gasteiger partial charge in [0.1, 0.15) is 5.75 Å². The number of nitrogens with zero attached hydrogens (tertiary/aromatic N) is 2. The average Bonchev–Trinajstić information content (AvgIpc) is 3.18. The summed E-state index contributed by atoms with van der Waals surface area (Å²) in [6.07, 6.45) is 3.34. The molecule has 3 aromatic rings. The minimum absolute atomic E-state index is 0.0457. The molecule has 2 aromatic carbocycles. The Bertz CT molecular complexity index is 855. The van der Waals surface area contributed by atoms with Crippen molar-refractivity contribution in [1.29, 1.82) is 0 Å². The average molecular weight is 293 g/mol. The molecule has 0 unspecified atom stereocenters. The fourth-order valence-electron chi connectivity index (χ4n) is 2.97. The number of nitrogens with two attached hydrogens (primary N) is 1. The molecule has 3 N–H and O–H groups in total. The van der Waals surface area contributed by atoms with Gasteiger partial charge in [0, 0.05) is 11.1 Å². The Morgan fingerprint density at radius 1 is 1.14 bits per heavy atom. The molecular formula is C17H15N3O2. The highest BCUT2D eigenvalue weighted by Gasteiger charge is 2.19. The summed E-state index contributed by atoms with van der Waals surface area (Å²) in [5.74, 6) is 1.04. The van der Waals surface area contributed by atoms with Crippen LogP contribution in [0.4, 0.5) is 5.69 Å². The van der Waals surface area contributed by atoms with E-state index in [4.69, 9.17) is 10.3 Å². The third-order valence-corrected chi connectivity index (χ3v) is 4.09. The molecule has 0 bridgehead atoms. The summed E-state index contributed by atoms with van der Waals surface area (Å²) in [5, 5.41) is 13.6. The van der Waals surface area contributed by atoms with E-state index in [1.807, 2.05) is 12.1 Å². The summed E-state index contributed by atoms with van der Waals surface area (Å²) in [4.78, 5) is 4.48. The molecule has 0 fully saturated rings. The SMILES string of the molecule is Nc1cc(-c2nc(-c3cccc4c3CCC4)no2)ccc1O. The zero-order valence-corrected chi connectivity index (χ0v) is 11.9. The van der Waals surface area contributed by atoms with E-state index in [9.17, 15) is 5.11 Å². The highest BCUT2D eigenvalue weighted by molar-refractivity contribution is 5.68. The van der Waals surface area contributed by atoms with Crippen LogP contribution in [0.5, 0.6) is 5.75 Å². The molecule has 0 atom stereocenters. The number of aromatic nitrogens is 2. The number of aryl methyl sites for hydroxylation is 1. The molecule has 0 spiro atoms. The Kier molecular flexibility index (Phi) is 2.85. The Morgan fingerprint density at radius 2 is 2.05 bits per heavy atom. The van der Waals surface area contributed by atoms with E-state index >= 15 is 0 Å². The van der Waals surface area contributed by atoms with Crippen LogP contribution in [0, 0.1) is 0 Å². The summed E-state index contributed by atoms with van der Waals surface area (Å²) in [6, 6.07) is 11.1.